The van der Waals surface area contributed by atoms with Crippen molar-refractivity contribution >= 4 is 23.5 Å². The minimum Gasteiger partial charge on any atom is -0.507 e. The number of hydrogen-bond acceptors (Lipinski definition) is 4. The molecule has 0 amide bonds. The molecular weight excluding hydrogens is 399 g/mol. The van der Waals surface area contributed by atoms with Crippen molar-refractivity contribution in [3.63, 3.8) is 0 Å². The average molecular weight is 413 g/mol. The lowest BCUT2D eigenvalue weighted by molar-refractivity contribution is -0.142. The molecular formula is C21H14F3N3OS. The van der Waals surface area contributed by atoms with Crippen molar-refractivity contribution in [2.75, 3.05) is 0 Å². The topological polar surface area (TPSA) is 50.9 Å². The SMILES string of the molecule is Oc1ccccc1C=Cc1cc(C(F)(F)F)n(-c2nc(-c3ccccc3)cs2)n1. The predicted octanol–water partition coefficient (Wildman–Crippen LogP) is 5.89. The van der Waals surface area contributed by atoms with Gasteiger partial charge in [-0.2, -0.15) is 18.3 Å². The maximum atomic E-state index is 13.6. The average Bonchev–Trinajstić information content (AvgIpc) is 3.35. The van der Waals surface area contributed by atoms with Crippen molar-refractivity contribution in [1.29, 1.82) is 0 Å². The van der Waals surface area contributed by atoms with Gasteiger partial charge in [0.2, 0.25) is 5.13 Å². The molecule has 4 nitrogen and oxygen atoms in total. The molecule has 2 aromatic heterocycles. The molecule has 29 heavy (non-hydrogen) atoms. The Balaban J connectivity index is 1.72. The third kappa shape index (κ3) is 4.07. The van der Waals surface area contributed by atoms with E-state index in [1.54, 1.807) is 23.6 Å². The van der Waals surface area contributed by atoms with Gasteiger partial charge < -0.3 is 5.11 Å². The molecule has 2 heterocycles. The zero-order chi connectivity index (χ0) is 20.4. The van der Waals surface area contributed by atoms with Crippen molar-refractivity contribution < 1.29 is 18.3 Å². The van der Waals surface area contributed by atoms with Gasteiger partial charge in [-0.3, -0.25) is 0 Å². The third-order valence-electron chi connectivity index (χ3n) is 4.13. The quantitative estimate of drug-likeness (QED) is 0.454. The first-order valence-corrected chi connectivity index (χ1v) is 9.44. The van der Waals surface area contributed by atoms with E-state index >= 15 is 0 Å². The minimum absolute atomic E-state index is 0.0339. The van der Waals surface area contributed by atoms with Gasteiger partial charge in [-0.25, -0.2) is 9.67 Å². The van der Waals surface area contributed by atoms with Crippen LogP contribution in [0, 0.1) is 0 Å². The van der Waals surface area contributed by atoms with Crippen LogP contribution in [0.2, 0.25) is 0 Å². The van der Waals surface area contributed by atoms with Crippen LogP contribution >= 0.6 is 11.3 Å². The van der Waals surface area contributed by atoms with Crippen molar-refractivity contribution in [3.05, 3.63) is 83.0 Å². The Bertz CT molecular complexity index is 1160. The van der Waals surface area contributed by atoms with Crippen molar-refractivity contribution in [2.24, 2.45) is 0 Å². The summed E-state index contributed by atoms with van der Waals surface area (Å²) in [5, 5.41) is 15.7. The summed E-state index contributed by atoms with van der Waals surface area (Å²) in [6, 6.07) is 16.7. The van der Waals surface area contributed by atoms with E-state index in [1.165, 1.54) is 18.2 Å². The van der Waals surface area contributed by atoms with Crippen LogP contribution in [-0.2, 0) is 6.18 Å². The number of aromatic nitrogens is 3. The number of rotatable bonds is 4. The fourth-order valence-corrected chi connectivity index (χ4v) is 3.53. The molecule has 0 saturated heterocycles. The first kappa shape index (κ1) is 18.9. The summed E-state index contributed by atoms with van der Waals surface area (Å²) in [5.41, 5.74) is 1.08. The first-order valence-electron chi connectivity index (χ1n) is 8.56. The number of benzene rings is 2. The molecule has 146 valence electrons. The molecule has 2 aromatic carbocycles. The van der Waals surface area contributed by atoms with Crippen LogP contribution in [0.4, 0.5) is 13.2 Å². The molecule has 0 bridgehead atoms. The van der Waals surface area contributed by atoms with E-state index in [0.29, 0.717) is 11.3 Å². The molecule has 0 spiro atoms. The molecule has 0 unspecified atom stereocenters. The Morgan fingerprint density at radius 3 is 2.41 bits per heavy atom. The summed E-state index contributed by atoms with van der Waals surface area (Å²) < 4.78 is 41.5. The fraction of sp³-hybridized carbons (Fsp3) is 0.0476. The zero-order valence-corrected chi connectivity index (χ0v) is 15.7. The highest BCUT2D eigenvalue weighted by Crippen LogP contribution is 2.34. The zero-order valence-electron chi connectivity index (χ0n) is 14.8. The van der Waals surface area contributed by atoms with E-state index in [2.05, 4.69) is 10.1 Å². The van der Waals surface area contributed by atoms with Crippen LogP contribution in [0.1, 0.15) is 17.0 Å². The minimum atomic E-state index is -4.59. The second-order valence-corrected chi connectivity index (χ2v) is 6.97. The van der Waals surface area contributed by atoms with Gasteiger partial charge >= 0.3 is 6.18 Å². The Hall–Kier alpha value is -3.39. The molecule has 4 rings (SSSR count). The van der Waals surface area contributed by atoms with Gasteiger partial charge in [0.1, 0.15) is 5.75 Å². The largest absolute Gasteiger partial charge is 0.507 e. The standard InChI is InChI=1S/C21H14F3N3OS/c22-21(23,24)19-12-16(11-10-15-8-4-5-9-18(15)28)26-27(19)20-25-17(13-29-20)14-6-2-1-3-7-14/h1-13,28H. The second-order valence-electron chi connectivity index (χ2n) is 6.14. The Morgan fingerprint density at radius 2 is 1.69 bits per heavy atom. The van der Waals surface area contributed by atoms with Crippen LogP contribution < -0.4 is 0 Å². The number of hydrogen-bond donors (Lipinski definition) is 1. The maximum Gasteiger partial charge on any atom is 0.433 e. The highest BCUT2D eigenvalue weighted by molar-refractivity contribution is 7.12. The number of nitrogens with zero attached hydrogens (tertiary/aromatic N) is 3. The van der Waals surface area contributed by atoms with Crippen LogP contribution in [-0.4, -0.2) is 19.9 Å². The lowest BCUT2D eigenvalue weighted by Gasteiger charge is -2.07. The van der Waals surface area contributed by atoms with Crippen LogP contribution in [0.25, 0.3) is 28.5 Å². The Labute approximate surface area is 168 Å². The van der Waals surface area contributed by atoms with E-state index in [1.807, 2.05) is 30.3 Å². The maximum absolute atomic E-state index is 13.6. The molecule has 0 saturated carbocycles. The highest BCUT2D eigenvalue weighted by atomic mass is 32.1. The third-order valence-corrected chi connectivity index (χ3v) is 4.95. The fourth-order valence-electron chi connectivity index (χ4n) is 2.74. The van der Waals surface area contributed by atoms with E-state index in [9.17, 15) is 18.3 Å². The van der Waals surface area contributed by atoms with Gasteiger partial charge in [-0.05, 0) is 24.3 Å². The lowest BCUT2D eigenvalue weighted by Crippen LogP contribution is -2.13. The number of aromatic hydroxyl groups is 1. The monoisotopic (exact) mass is 413 g/mol. The smallest absolute Gasteiger partial charge is 0.433 e. The Kier molecular flexibility index (Phi) is 4.94. The van der Waals surface area contributed by atoms with Crippen molar-refractivity contribution in [1.82, 2.24) is 14.8 Å². The summed E-state index contributed by atoms with van der Waals surface area (Å²) in [7, 11) is 0. The lowest BCUT2D eigenvalue weighted by atomic mass is 10.2. The first-order chi connectivity index (χ1) is 13.9. The van der Waals surface area contributed by atoms with Crippen molar-refractivity contribution in [3.8, 4) is 22.1 Å². The molecule has 0 aliphatic heterocycles. The second kappa shape index (κ2) is 7.56. The molecule has 8 heteroatoms. The molecule has 0 atom stereocenters. The van der Waals surface area contributed by atoms with E-state index < -0.39 is 11.9 Å². The van der Waals surface area contributed by atoms with Gasteiger partial charge in [-0.1, -0.05) is 48.5 Å². The number of halogens is 3. The number of alkyl halides is 3. The summed E-state index contributed by atoms with van der Waals surface area (Å²) >= 11 is 1.08. The van der Waals surface area contributed by atoms with Crippen molar-refractivity contribution in [2.45, 2.75) is 6.18 Å². The molecule has 0 fully saturated rings. The van der Waals surface area contributed by atoms with E-state index in [4.69, 9.17) is 0 Å². The summed E-state index contributed by atoms with van der Waals surface area (Å²) in [6.07, 6.45) is -1.65. The van der Waals surface area contributed by atoms with Gasteiger partial charge in [0, 0.05) is 16.5 Å². The van der Waals surface area contributed by atoms with Crippen LogP contribution in [0.5, 0.6) is 5.75 Å². The van der Waals surface area contributed by atoms with Crippen LogP contribution in [0.3, 0.4) is 0 Å². The molecule has 0 radical (unpaired) electrons. The normalized spacial score (nSPS) is 12.0. The molecule has 0 aliphatic carbocycles. The predicted molar refractivity (Wildman–Crippen MR) is 107 cm³/mol. The number of para-hydroxylation sites is 1. The molecule has 4 aromatic rings. The van der Waals surface area contributed by atoms with E-state index in [0.717, 1.165) is 27.6 Å². The van der Waals surface area contributed by atoms with Gasteiger partial charge in [0.05, 0.1) is 11.4 Å². The summed E-state index contributed by atoms with van der Waals surface area (Å²) in [5.74, 6) is 0.0339. The summed E-state index contributed by atoms with van der Waals surface area (Å²) in [6.45, 7) is 0. The summed E-state index contributed by atoms with van der Waals surface area (Å²) in [4.78, 5) is 4.33. The van der Waals surface area contributed by atoms with Gasteiger partial charge in [-0.15, -0.1) is 11.3 Å². The van der Waals surface area contributed by atoms with Gasteiger partial charge in [0.25, 0.3) is 0 Å². The highest BCUT2D eigenvalue weighted by Gasteiger charge is 2.36. The number of thiazole rings is 1. The molecule has 0 aliphatic rings. The number of phenolic OH excluding ortho intramolecular Hbond substituents is 1. The van der Waals surface area contributed by atoms with E-state index in [-0.39, 0.29) is 16.6 Å². The van der Waals surface area contributed by atoms with Crippen LogP contribution in [0.15, 0.2) is 66.0 Å². The van der Waals surface area contributed by atoms with Gasteiger partial charge in [0.15, 0.2) is 5.69 Å². The molecule has 1 N–H and O–H groups in total. The Morgan fingerprint density at radius 1 is 0.966 bits per heavy atom. The number of phenols is 1.